The van der Waals surface area contributed by atoms with Gasteiger partial charge in [0.1, 0.15) is 11.2 Å². The summed E-state index contributed by atoms with van der Waals surface area (Å²) in [6.45, 7) is 1.04. The van der Waals surface area contributed by atoms with Gasteiger partial charge in [0.15, 0.2) is 0 Å². The summed E-state index contributed by atoms with van der Waals surface area (Å²) in [4.78, 5) is 17.4. The zero-order chi connectivity index (χ0) is 14.9. The van der Waals surface area contributed by atoms with Crippen LogP contribution in [0.3, 0.4) is 0 Å². The number of hydrogen-bond acceptors (Lipinski definition) is 3. The van der Waals surface area contributed by atoms with Crippen molar-refractivity contribution in [3.8, 4) is 0 Å². The summed E-state index contributed by atoms with van der Waals surface area (Å²) in [5, 5.41) is 2.97. The van der Waals surface area contributed by atoms with Crippen molar-refractivity contribution in [2.75, 3.05) is 11.4 Å². The van der Waals surface area contributed by atoms with E-state index >= 15 is 0 Å². The molecule has 2 N–H and O–H groups in total. The number of amides is 1. The molecule has 0 spiro atoms. The highest BCUT2D eigenvalue weighted by Gasteiger charge is 2.52. The smallest absolute Gasteiger partial charge is 0.272 e. The molecule has 4 saturated carbocycles. The normalized spacial score (nSPS) is 42.4. The minimum atomic E-state index is -0.205. The molecular formula is C17H23N3OS. The molecule has 1 aliphatic heterocycles. The van der Waals surface area contributed by atoms with Gasteiger partial charge >= 0.3 is 0 Å². The number of hydrogen-bond donors (Lipinski definition) is 3. The first-order chi connectivity index (χ1) is 10.6. The molecule has 6 rings (SSSR count). The van der Waals surface area contributed by atoms with E-state index < -0.39 is 0 Å². The number of nitrogens with zero attached hydrogens (tertiary/aromatic N) is 1. The van der Waals surface area contributed by atoms with Crippen molar-refractivity contribution in [3.63, 3.8) is 0 Å². The summed E-state index contributed by atoms with van der Waals surface area (Å²) in [7, 11) is 0. The summed E-state index contributed by atoms with van der Waals surface area (Å²) >= 11 is 4.65. The SMILES string of the molecule is O=C1NC(S)N(CC23CC4CC(CC(C4)C2)C3)c2cc[nH]c21. The second-order valence-electron chi connectivity index (χ2n) is 8.13. The van der Waals surface area contributed by atoms with Crippen LogP contribution in [0, 0.1) is 23.2 Å². The molecule has 2 heterocycles. The lowest BCUT2D eigenvalue weighted by Gasteiger charge is -2.58. The minimum Gasteiger partial charge on any atom is -0.355 e. The zero-order valence-corrected chi connectivity index (χ0v) is 13.6. The maximum Gasteiger partial charge on any atom is 0.272 e. The van der Waals surface area contributed by atoms with Gasteiger partial charge < -0.3 is 15.2 Å². The Morgan fingerprint density at radius 2 is 1.82 bits per heavy atom. The van der Waals surface area contributed by atoms with Crippen molar-refractivity contribution in [1.29, 1.82) is 0 Å². The molecule has 1 amide bonds. The lowest BCUT2D eigenvalue weighted by molar-refractivity contribution is -0.0481. The van der Waals surface area contributed by atoms with Gasteiger partial charge in [0.2, 0.25) is 0 Å². The van der Waals surface area contributed by atoms with Gasteiger partial charge in [0.25, 0.3) is 5.91 Å². The molecule has 118 valence electrons. The van der Waals surface area contributed by atoms with Gasteiger partial charge in [-0.05, 0) is 67.8 Å². The van der Waals surface area contributed by atoms with Crippen LogP contribution in [-0.4, -0.2) is 22.9 Å². The fraction of sp³-hybridized carbons (Fsp3) is 0.706. The van der Waals surface area contributed by atoms with Crippen molar-refractivity contribution >= 4 is 24.2 Å². The van der Waals surface area contributed by atoms with Gasteiger partial charge in [-0.25, -0.2) is 0 Å². The molecule has 1 atom stereocenters. The van der Waals surface area contributed by atoms with Crippen LogP contribution in [0.4, 0.5) is 5.69 Å². The summed E-state index contributed by atoms with van der Waals surface area (Å²) in [6.07, 6.45) is 10.4. The van der Waals surface area contributed by atoms with Gasteiger partial charge in [-0.2, -0.15) is 0 Å². The Balaban J connectivity index is 1.46. The second kappa shape index (κ2) is 4.47. The Labute approximate surface area is 136 Å². The highest BCUT2D eigenvalue weighted by molar-refractivity contribution is 7.81. The molecule has 0 saturated heterocycles. The minimum absolute atomic E-state index is 0.0400. The van der Waals surface area contributed by atoms with Gasteiger partial charge in [-0.3, -0.25) is 4.79 Å². The van der Waals surface area contributed by atoms with Crippen LogP contribution in [0.15, 0.2) is 12.3 Å². The fourth-order valence-electron chi connectivity index (χ4n) is 6.20. The number of H-pyrrole nitrogens is 1. The fourth-order valence-corrected chi connectivity index (χ4v) is 6.52. The predicted octanol–water partition coefficient (Wildman–Crippen LogP) is 2.99. The molecule has 5 heteroatoms. The summed E-state index contributed by atoms with van der Waals surface area (Å²) in [5.41, 5.74) is 1.96. The van der Waals surface area contributed by atoms with Crippen LogP contribution in [0.1, 0.15) is 49.0 Å². The monoisotopic (exact) mass is 317 g/mol. The molecular weight excluding hydrogens is 294 g/mol. The first-order valence-electron chi connectivity index (χ1n) is 8.55. The molecule has 4 aliphatic carbocycles. The van der Waals surface area contributed by atoms with E-state index in [-0.39, 0.29) is 11.4 Å². The van der Waals surface area contributed by atoms with Crippen LogP contribution in [0.5, 0.6) is 0 Å². The maximum atomic E-state index is 12.0. The topological polar surface area (TPSA) is 48.1 Å². The zero-order valence-electron chi connectivity index (χ0n) is 12.7. The highest BCUT2D eigenvalue weighted by atomic mass is 32.1. The first kappa shape index (κ1) is 13.3. The van der Waals surface area contributed by atoms with E-state index in [9.17, 15) is 4.79 Å². The third-order valence-electron chi connectivity index (χ3n) is 6.49. The van der Waals surface area contributed by atoms with Crippen molar-refractivity contribution in [3.05, 3.63) is 18.0 Å². The molecule has 4 fully saturated rings. The van der Waals surface area contributed by atoms with Crippen LogP contribution in [-0.2, 0) is 0 Å². The van der Waals surface area contributed by atoms with Crippen molar-refractivity contribution in [2.45, 2.75) is 44.0 Å². The Morgan fingerprint density at radius 1 is 1.18 bits per heavy atom. The Bertz CT molecular complexity index is 590. The van der Waals surface area contributed by atoms with E-state index in [1.165, 1.54) is 38.5 Å². The van der Waals surface area contributed by atoms with E-state index in [4.69, 9.17) is 0 Å². The second-order valence-corrected chi connectivity index (χ2v) is 8.62. The Morgan fingerprint density at radius 3 is 2.45 bits per heavy atom. The van der Waals surface area contributed by atoms with E-state index in [2.05, 4.69) is 27.8 Å². The standard InChI is InChI=1S/C17H23N3OS/c21-15-14-13(1-2-18-14)20(16(22)19-15)9-17-6-10-3-11(7-17)5-12(4-10)8-17/h1-2,10-12,16,18,22H,3-9H2,(H,19,21). The number of nitrogens with one attached hydrogen (secondary N) is 2. The Kier molecular flexibility index (Phi) is 2.71. The van der Waals surface area contributed by atoms with Gasteiger partial charge in [-0.1, -0.05) is 0 Å². The molecule has 4 bridgehead atoms. The number of aromatic nitrogens is 1. The number of carbonyl (C=O) groups excluding carboxylic acids is 1. The van der Waals surface area contributed by atoms with E-state index in [0.717, 1.165) is 30.0 Å². The van der Waals surface area contributed by atoms with Gasteiger partial charge in [-0.15, -0.1) is 12.6 Å². The number of anilines is 1. The predicted molar refractivity (Wildman–Crippen MR) is 89.0 cm³/mol. The molecule has 0 radical (unpaired) electrons. The van der Waals surface area contributed by atoms with E-state index in [1.54, 1.807) is 0 Å². The molecule has 5 aliphatic rings. The van der Waals surface area contributed by atoms with Crippen LogP contribution in [0.25, 0.3) is 0 Å². The lowest BCUT2D eigenvalue weighted by Crippen LogP contribution is -2.57. The quantitative estimate of drug-likeness (QED) is 0.734. The maximum absolute atomic E-state index is 12.0. The van der Waals surface area contributed by atoms with Crippen LogP contribution >= 0.6 is 12.6 Å². The van der Waals surface area contributed by atoms with E-state index in [1.807, 2.05) is 12.3 Å². The van der Waals surface area contributed by atoms with E-state index in [0.29, 0.717) is 11.1 Å². The van der Waals surface area contributed by atoms with Crippen molar-refractivity contribution in [2.24, 2.45) is 23.2 Å². The third kappa shape index (κ3) is 1.87. The molecule has 4 nitrogen and oxygen atoms in total. The number of fused-ring (bicyclic) bond motifs is 1. The third-order valence-corrected chi connectivity index (χ3v) is 6.90. The molecule has 22 heavy (non-hydrogen) atoms. The van der Waals surface area contributed by atoms with Gasteiger partial charge in [0.05, 0.1) is 5.69 Å². The van der Waals surface area contributed by atoms with Gasteiger partial charge in [0, 0.05) is 12.7 Å². The molecule has 0 aromatic carbocycles. The lowest BCUT2D eigenvalue weighted by atomic mass is 9.49. The van der Waals surface area contributed by atoms with Crippen LogP contribution < -0.4 is 10.2 Å². The molecule has 1 unspecified atom stereocenters. The molecule has 1 aromatic rings. The summed E-state index contributed by atoms with van der Waals surface area (Å²) in [5.74, 6) is 2.82. The average Bonchev–Trinajstić information content (AvgIpc) is 2.91. The number of carbonyl (C=O) groups is 1. The Hall–Kier alpha value is -1.10. The highest BCUT2D eigenvalue weighted by Crippen LogP contribution is 2.60. The first-order valence-corrected chi connectivity index (χ1v) is 9.06. The number of rotatable bonds is 2. The van der Waals surface area contributed by atoms with Crippen LogP contribution in [0.2, 0.25) is 0 Å². The largest absolute Gasteiger partial charge is 0.355 e. The number of aromatic amines is 1. The molecule has 1 aromatic heterocycles. The summed E-state index contributed by atoms with van der Waals surface area (Å²) < 4.78 is 0. The summed E-state index contributed by atoms with van der Waals surface area (Å²) in [6, 6.07) is 2.03. The average molecular weight is 317 g/mol. The number of thiol groups is 1. The van der Waals surface area contributed by atoms with Crippen molar-refractivity contribution < 1.29 is 4.79 Å². The van der Waals surface area contributed by atoms with Crippen molar-refractivity contribution in [1.82, 2.24) is 10.3 Å².